The van der Waals surface area contributed by atoms with Crippen molar-refractivity contribution in [3.63, 3.8) is 0 Å². The van der Waals surface area contributed by atoms with E-state index in [-0.39, 0.29) is 10.8 Å². The zero-order valence-electron chi connectivity index (χ0n) is 45.3. The van der Waals surface area contributed by atoms with Crippen molar-refractivity contribution in [1.82, 2.24) is 9.13 Å². The number of nitrogens with zero attached hydrogens (tertiary/aromatic N) is 2. The van der Waals surface area contributed by atoms with Crippen LogP contribution in [0.5, 0.6) is 0 Å². The summed E-state index contributed by atoms with van der Waals surface area (Å²) in [4.78, 5) is 0. The molecule has 2 aromatic heterocycles. The van der Waals surface area contributed by atoms with E-state index < -0.39 is 5.41 Å². The summed E-state index contributed by atoms with van der Waals surface area (Å²) in [5, 5.41) is 10.4. The van der Waals surface area contributed by atoms with Gasteiger partial charge in [0.2, 0.25) is 0 Å². The fourth-order valence-corrected chi connectivity index (χ4v) is 15.9. The zero-order chi connectivity index (χ0) is 52.8. The highest BCUT2D eigenvalue weighted by Crippen LogP contribution is 2.64. The van der Waals surface area contributed by atoms with Crippen LogP contribution >= 0.6 is 0 Å². The van der Waals surface area contributed by atoms with Crippen LogP contribution in [0.1, 0.15) is 72.2 Å². The summed E-state index contributed by atoms with van der Waals surface area (Å²) in [5.41, 5.74) is 27.8. The maximum absolute atomic E-state index is 2.65. The number of fused-ring (bicyclic) bond motifs is 19. The third-order valence-electron chi connectivity index (χ3n) is 19.6. The van der Waals surface area contributed by atoms with Crippen molar-refractivity contribution >= 4 is 65.2 Å². The van der Waals surface area contributed by atoms with Gasteiger partial charge in [-0.1, -0.05) is 198 Å². The summed E-state index contributed by atoms with van der Waals surface area (Å²) in [5.74, 6) is 0. The Balaban J connectivity index is 0.937. The van der Waals surface area contributed by atoms with Gasteiger partial charge in [0, 0.05) is 68.5 Å². The van der Waals surface area contributed by atoms with Gasteiger partial charge >= 0.3 is 0 Å². The number of rotatable bonds is 4. The Bertz CT molecular complexity index is 4700. The predicted octanol–water partition coefficient (Wildman–Crippen LogP) is 19.6. The first-order chi connectivity index (χ1) is 38.6. The highest BCUT2D eigenvalue weighted by Gasteiger charge is 2.51. The van der Waals surface area contributed by atoms with Crippen LogP contribution in [0.4, 0.5) is 0 Å². The Kier molecular flexibility index (Phi) is 8.79. The van der Waals surface area contributed by atoms with Crippen LogP contribution in [0.2, 0.25) is 0 Å². The van der Waals surface area contributed by atoms with Gasteiger partial charge in [-0.15, -0.1) is 0 Å². The summed E-state index contributed by atoms with van der Waals surface area (Å²) >= 11 is 0. The van der Waals surface area contributed by atoms with Gasteiger partial charge in [0.25, 0.3) is 0 Å². The highest BCUT2D eigenvalue weighted by atomic mass is 14.9. The Morgan fingerprint density at radius 1 is 0.253 bits per heavy atom. The smallest absolute Gasteiger partial charge is 0.0714 e. The molecule has 0 spiro atoms. The molecule has 0 saturated heterocycles. The topological polar surface area (TPSA) is 9.86 Å². The first kappa shape index (κ1) is 44.8. The number of hydrogen-bond donors (Lipinski definition) is 0. The molecule has 0 fully saturated rings. The average molecular weight is 1010 g/mol. The van der Waals surface area contributed by atoms with E-state index in [1.54, 1.807) is 0 Å². The minimum atomic E-state index is -0.615. The molecule has 2 heteroatoms. The SMILES string of the molecule is Cn1c2ccccc2c2c(-c3cc4c(c5ccccc35)-c3cc5c(cc3C4(C)C)-c3cc4c(cc3C5(c3ccccc3)c3ccccc3)-c3c(cc(-c5cccc6c5c5ccccc5n6C)c5ccccc35)C4(C)C)cccc21. The van der Waals surface area contributed by atoms with Crippen LogP contribution in [0.25, 0.3) is 121 Å². The van der Waals surface area contributed by atoms with E-state index in [2.05, 4.69) is 281 Å². The minimum Gasteiger partial charge on any atom is -0.344 e. The van der Waals surface area contributed by atoms with Crippen molar-refractivity contribution in [2.24, 2.45) is 14.1 Å². The first-order valence-corrected chi connectivity index (χ1v) is 28.1. The lowest BCUT2D eigenvalue weighted by Crippen LogP contribution is -2.29. The Morgan fingerprint density at radius 2 is 0.582 bits per heavy atom. The quantitative estimate of drug-likeness (QED) is 0.166. The van der Waals surface area contributed by atoms with E-state index in [1.807, 2.05) is 0 Å². The lowest BCUT2D eigenvalue weighted by molar-refractivity contribution is 0.660. The van der Waals surface area contributed by atoms with Crippen molar-refractivity contribution in [1.29, 1.82) is 0 Å². The molecule has 0 saturated carbocycles. The molecule has 14 aromatic rings. The third kappa shape index (κ3) is 5.56. The van der Waals surface area contributed by atoms with Crippen molar-refractivity contribution in [2.45, 2.75) is 43.9 Å². The molecule has 17 rings (SSSR count). The van der Waals surface area contributed by atoms with Crippen molar-refractivity contribution in [3.05, 3.63) is 275 Å². The molecule has 2 nitrogen and oxygen atoms in total. The van der Waals surface area contributed by atoms with E-state index in [1.165, 1.54) is 165 Å². The van der Waals surface area contributed by atoms with Crippen molar-refractivity contribution in [3.8, 4) is 55.6 Å². The molecule has 3 aliphatic rings. The summed E-state index contributed by atoms with van der Waals surface area (Å²) < 4.78 is 4.72. The molecular weight excluding hydrogens is 953 g/mol. The van der Waals surface area contributed by atoms with Crippen LogP contribution < -0.4 is 0 Å². The number of benzene rings is 12. The maximum atomic E-state index is 2.65. The monoisotopic (exact) mass is 1010 g/mol. The van der Waals surface area contributed by atoms with E-state index in [0.717, 1.165) is 0 Å². The van der Waals surface area contributed by atoms with Gasteiger partial charge in [0.15, 0.2) is 0 Å². The summed E-state index contributed by atoms with van der Waals surface area (Å²) in [6, 6.07) is 88.5. The van der Waals surface area contributed by atoms with Gasteiger partial charge in [-0.2, -0.15) is 0 Å². The van der Waals surface area contributed by atoms with Gasteiger partial charge < -0.3 is 9.13 Å². The molecule has 3 aliphatic carbocycles. The molecule has 0 unspecified atom stereocenters. The molecule has 0 amide bonds. The normalized spacial score (nSPS) is 15.0. The molecule has 0 radical (unpaired) electrons. The number of aryl methyl sites for hydroxylation is 2. The predicted molar refractivity (Wildman–Crippen MR) is 333 cm³/mol. The highest BCUT2D eigenvalue weighted by molar-refractivity contribution is 6.21. The fraction of sp³-hybridized carbons (Fsp3) is 0.117. The number of para-hydroxylation sites is 2. The largest absolute Gasteiger partial charge is 0.344 e. The first-order valence-electron chi connectivity index (χ1n) is 28.1. The van der Waals surface area contributed by atoms with Crippen LogP contribution in [0.3, 0.4) is 0 Å². The lowest BCUT2D eigenvalue weighted by Gasteiger charge is -2.34. The van der Waals surface area contributed by atoms with Gasteiger partial charge in [-0.05, 0) is 182 Å². The summed E-state index contributed by atoms with van der Waals surface area (Å²) in [6.45, 7) is 9.90. The molecule has 0 aliphatic heterocycles. The Labute approximate surface area is 460 Å². The van der Waals surface area contributed by atoms with Crippen molar-refractivity contribution < 1.29 is 0 Å². The average Bonchev–Trinajstić information content (AvgIpc) is 3.97. The molecular formula is C77H56N2. The second kappa shape index (κ2) is 15.5. The second-order valence-corrected chi connectivity index (χ2v) is 24.0. The Morgan fingerprint density at radius 3 is 1.00 bits per heavy atom. The number of aromatic nitrogens is 2. The van der Waals surface area contributed by atoms with Gasteiger partial charge in [0.05, 0.1) is 5.41 Å². The Hall–Kier alpha value is -9.24. The molecule has 374 valence electrons. The maximum Gasteiger partial charge on any atom is 0.0714 e. The molecule has 12 aromatic carbocycles. The minimum absolute atomic E-state index is 0.301. The zero-order valence-corrected chi connectivity index (χ0v) is 45.3. The van der Waals surface area contributed by atoms with Crippen molar-refractivity contribution in [2.75, 3.05) is 0 Å². The van der Waals surface area contributed by atoms with E-state index in [4.69, 9.17) is 0 Å². The summed E-state index contributed by atoms with van der Waals surface area (Å²) in [6.07, 6.45) is 0. The third-order valence-corrected chi connectivity index (χ3v) is 19.6. The molecule has 2 heterocycles. The molecule has 79 heavy (non-hydrogen) atoms. The van der Waals surface area contributed by atoms with Gasteiger partial charge in [-0.25, -0.2) is 0 Å². The van der Waals surface area contributed by atoms with Gasteiger partial charge in [0.1, 0.15) is 0 Å². The van der Waals surface area contributed by atoms with E-state index in [9.17, 15) is 0 Å². The molecule has 0 N–H and O–H groups in total. The molecule has 0 bridgehead atoms. The van der Waals surface area contributed by atoms with Crippen LogP contribution in [0, 0.1) is 0 Å². The molecule has 0 atom stereocenters. The lowest BCUT2D eigenvalue weighted by atomic mass is 9.67. The fourth-order valence-electron chi connectivity index (χ4n) is 15.9. The standard InChI is InChI=1S/C77H56N2/c1-75(2)61-41-57-58-42-62-60(72-50-30-16-14-28-48(50)56(40-66(72)76(62,3)4)52-34-22-38-70-74(52)54-32-18-20-36-68(54)79(70)6)44-64(58)77(45-23-9-7-10-24-45,46-25-11-8-12-26-46)63(57)43-59(61)71-49-29-15-13-27-47(49)55(39-65(71)75)51-33-21-37-69-73(51)53-31-17-19-35-67(53)78(69)5/h7-44H,1-6H3. The van der Waals surface area contributed by atoms with Crippen LogP contribution in [0.15, 0.2) is 231 Å². The van der Waals surface area contributed by atoms with Crippen LogP contribution in [-0.2, 0) is 30.3 Å². The van der Waals surface area contributed by atoms with E-state index >= 15 is 0 Å². The summed E-state index contributed by atoms with van der Waals surface area (Å²) in [7, 11) is 4.41. The number of hydrogen-bond acceptors (Lipinski definition) is 0. The van der Waals surface area contributed by atoms with E-state index in [0.29, 0.717) is 0 Å². The second-order valence-electron chi connectivity index (χ2n) is 24.0. The van der Waals surface area contributed by atoms with Gasteiger partial charge in [-0.3, -0.25) is 0 Å². The van der Waals surface area contributed by atoms with Crippen LogP contribution in [-0.4, -0.2) is 9.13 Å².